The van der Waals surface area contributed by atoms with E-state index in [4.69, 9.17) is 4.74 Å². The number of carbonyl (C=O) groups is 2. The summed E-state index contributed by atoms with van der Waals surface area (Å²) in [4.78, 5) is 24.5. The maximum atomic E-state index is 12.4. The van der Waals surface area contributed by atoms with Crippen LogP contribution in [0.4, 0.5) is 5.69 Å². The first kappa shape index (κ1) is 18.7. The predicted octanol–water partition coefficient (Wildman–Crippen LogP) is 2.09. The highest BCUT2D eigenvalue weighted by molar-refractivity contribution is 6.24. The fourth-order valence-corrected chi connectivity index (χ4v) is 2.02. The molecule has 1 amide bonds. The van der Waals surface area contributed by atoms with Crippen molar-refractivity contribution in [2.75, 3.05) is 11.9 Å². The SMILES string of the molecule is CCOC(=O)C(=Cc1ccc(O)c(O)c1)C(=O)Nc1ccc(O)c(O)c1. The molecule has 0 bridgehead atoms. The summed E-state index contributed by atoms with van der Waals surface area (Å²) in [6, 6.07) is 7.41. The highest BCUT2D eigenvalue weighted by Gasteiger charge is 2.20. The van der Waals surface area contributed by atoms with E-state index in [0.29, 0.717) is 0 Å². The number of phenolic OH excluding ortho intramolecular Hbond substituents is 4. The Morgan fingerprint density at radius 1 is 0.962 bits per heavy atom. The van der Waals surface area contributed by atoms with E-state index in [1.165, 1.54) is 36.4 Å². The van der Waals surface area contributed by atoms with Crippen molar-refractivity contribution in [2.24, 2.45) is 0 Å². The first-order valence-corrected chi connectivity index (χ1v) is 7.56. The Balaban J connectivity index is 2.35. The van der Waals surface area contributed by atoms with Crippen LogP contribution >= 0.6 is 0 Å². The molecule has 0 fully saturated rings. The molecule has 0 saturated carbocycles. The van der Waals surface area contributed by atoms with E-state index in [1.54, 1.807) is 6.92 Å². The lowest BCUT2D eigenvalue weighted by Gasteiger charge is -2.10. The summed E-state index contributed by atoms with van der Waals surface area (Å²) in [6.45, 7) is 1.63. The van der Waals surface area contributed by atoms with Gasteiger partial charge in [-0.25, -0.2) is 4.79 Å². The minimum Gasteiger partial charge on any atom is -0.504 e. The van der Waals surface area contributed by atoms with Gasteiger partial charge >= 0.3 is 5.97 Å². The van der Waals surface area contributed by atoms with Gasteiger partial charge in [0.15, 0.2) is 23.0 Å². The van der Waals surface area contributed by atoms with Gasteiger partial charge in [0.1, 0.15) is 5.57 Å². The summed E-state index contributed by atoms with van der Waals surface area (Å²) in [7, 11) is 0. The van der Waals surface area contributed by atoms with Crippen LogP contribution in [-0.4, -0.2) is 38.9 Å². The molecule has 0 aromatic heterocycles. The molecule has 0 aliphatic carbocycles. The number of phenols is 4. The molecule has 26 heavy (non-hydrogen) atoms. The van der Waals surface area contributed by atoms with Gasteiger partial charge in [-0.3, -0.25) is 4.79 Å². The number of aromatic hydroxyl groups is 4. The standard InChI is InChI=1S/C18H17NO7/c1-2-26-18(25)12(7-10-3-5-13(20)15(22)8-10)17(24)19-11-4-6-14(21)16(23)9-11/h3-9,20-23H,2H2,1H3,(H,19,24). The van der Waals surface area contributed by atoms with Crippen LogP contribution in [0.1, 0.15) is 12.5 Å². The van der Waals surface area contributed by atoms with Gasteiger partial charge < -0.3 is 30.5 Å². The summed E-state index contributed by atoms with van der Waals surface area (Å²) in [5, 5.41) is 40.1. The molecule has 2 aromatic rings. The van der Waals surface area contributed by atoms with E-state index < -0.39 is 23.4 Å². The summed E-state index contributed by atoms with van der Waals surface area (Å²) in [5.41, 5.74) is 0.0746. The maximum absolute atomic E-state index is 12.4. The van der Waals surface area contributed by atoms with Crippen molar-refractivity contribution >= 4 is 23.6 Å². The molecular weight excluding hydrogens is 342 g/mol. The maximum Gasteiger partial charge on any atom is 0.343 e. The number of ether oxygens (including phenoxy) is 1. The van der Waals surface area contributed by atoms with E-state index in [0.717, 1.165) is 6.07 Å². The zero-order valence-electron chi connectivity index (χ0n) is 13.8. The molecule has 8 heteroatoms. The van der Waals surface area contributed by atoms with Crippen molar-refractivity contribution in [3.8, 4) is 23.0 Å². The Kier molecular flexibility index (Phi) is 5.69. The minimum atomic E-state index is -0.888. The van der Waals surface area contributed by atoms with Crippen LogP contribution in [-0.2, 0) is 14.3 Å². The summed E-state index contributed by atoms with van der Waals surface area (Å²) < 4.78 is 4.86. The van der Waals surface area contributed by atoms with Crippen molar-refractivity contribution in [3.05, 3.63) is 47.5 Å². The first-order chi connectivity index (χ1) is 12.3. The molecule has 136 valence electrons. The van der Waals surface area contributed by atoms with Crippen LogP contribution in [0, 0.1) is 0 Å². The third-order valence-corrected chi connectivity index (χ3v) is 3.28. The number of carbonyl (C=O) groups excluding carboxylic acids is 2. The molecule has 0 unspecified atom stereocenters. The molecule has 2 rings (SSSR count). The second kappa shape index (κ2) is 7.93. The molecule has 5 N–H and O–H groups in total. The lowest BCUT2D eigenvalue weighted by Crippen LogP contribution is -2.22. The Hall–Kier alpha value is -3.68. The number of hydrogen-bond donors (Lipinski definition) is 5. The van der Waals surface area contributed by atoms with E-state index in [-0.39, 0.29) is 34.9 Å². The molecule has 0 aliphatic heterocycles. The van der Waals surface area contributed by atoms with Crippen LogP contribution in [0.2, 0.25) is 0 Å². The Bertz CT molecular complexity index is 874. The molecule has 0 saturated heterocycles. The van der Waals surface area contributed by atoms with E-state index in [1.807, 2.05) is 0 Å². The molecule has 2 aromatic carbocycles. The smallest absolute Gasteiger partial charge is 0.343 e. The number of hydrogen-bond acceptors (Lipinski definition) is 7. The fourth-order valence-electron chi connectivity index (χ4n) is 2.02. The van der Waals surface area contributed by atoms with Crippen LogP contribution in [0.3, 0.4) is 0 Å². The van der Waals surface area contributed by atoms with Crippen molar-refractivity contribution in [1.82, 2.24) is 0 Å². The number of rotatable bonds is 5. The third-order valence-electron chi connectivity index (χ3n) is 3.28. The molecule has 8 nitrogen and oxygen atoms in total. The lowest BCUT2D eigenvalue weighted by atomic mass is 10.1. The molecule has 0 aliphatic rings. The van der Waals surface area contributed by atoms with Crippen LogP contribution in [0.15, 0.2) is 42.0 Å². The number of benzene rings is 2. The van der Waals surface area contributed by atoms with Gasteiger partial charge in [-0.1, -0.05) is 6.07 Å². The van der Waals surface area contributed by atoms with Gasteiger partial charge in [-0.15, -0.1) is 0 Å². The minimum absolute atomic E-state index is 0.0459. The predicted molar refractivity (Wildman–Crippen MR) is 92.8 cm³/mol. The van der Waals surface area contributed by atoms with Crippen molar-refractivity contribution in [1.29, 1.82) is 0 Å². The molecule has 0 radical (unpaired) electrons. The van der Waals surface area contributed by atoms with Crippen molar-refractivity contribution in [2.45, 2.75) is 6.92 Å². The summed E-state index contributed by atoms with van der Waals surface area (Å²) in [5.74, 6) is -3.26. The third kappa shape index (κ3) is 4.44. The molecular formula is C18H17NO7. The highest BCUT2D eigenvalue weighted by Crippen LogP contribution is 2.28. The van der Waals surface area contributed by atoms with Gasteiger partial charge in [0, 0.05) is 11.8 Å². The lowest BCUT2D eigenvalue weighted by molar-refractivity contribution is -0.139. The summed E-state index contributed by atoms with van der Waals surface area (Å²) >= 11 is 0. The number of amides is 1. The van der Waals surface area contributed by atoms with Crippen LogP contribution in [0.25, 0.3) is 6.08 Å². The van der Waals surface area contributed by atoms with E-state index >= 15 is 0 Å². The molecule has 0 heterocycles. The largest absolute Gasteiger partial charge is 0.504 e. The fraction of sp³-hybridized carbons (Fsp3) is 0.111. The molecule has 0 atom stereocenters. The zero-order chi connectivity index (χ0) is 19.3. The quantitative estimate of drug-likeness (QED) is 0.138. The molecule has 0 spiro atoms. The van der Waals surface area contributed by atoms with Gasteiger partial charge in [0.25, 0.3) is 5.91 Å². The van der Waals surface area contributed by atoms with Gasteiger partial charge in [0.05, 0.1) is 6.61 Å². The average Bonchev–Trinajstić information content (AvgIpc) is 2.59. The van der Waals surface area contributed by atoms with Crippen LogP contribution < -0.4 is 5.32 Å². The Morgan fingerprint density at radius 2 is 1.58 bits per heavy atom. The normalized spacial score (nSPS) is 11.0. The average molecular weight is 359 g/mol. The first-order valence-electron chi connectivity index (χ1n) is 7.56. The van der Waals surface area contributed by atoms with Crippen molar-refractivity contribution in [3.63, 3.8) is 0 Å². The second-order valence-corrected chi connectivity index (χ2v) is 5.18. The van der Waals surface area contributed by atoms with Gasteiger partial charge in [0.2, 0.25) is 0 Å². The number of nitrogens with one attached hydrogen (secondary N) is 1. The number of esters is 1. The Morgan fingerprint density at radius 3 is 2.15 bits per heavy atom. The van der Waals surface area contributed by atoms with Crippen molar-refractivity contribution < 1.29 is 34.8 Å². The monoisotopic (exact) mass is 359 g/mol. The van der Waals surface area contributed by atoms with Gasteiger partial charge in [-0.05, 0) is 42.8 Å². The number of anilines is 1. The highest BCUT2D eigenvalue weighted by atomic mass is 16.5. The zero-order valence-corrected chi connectivity index (χ0v) is 13.8. The van der Waals surface area contributed by atoms with Crippen LogP contribution in [0.5, 0.6) is 23.0 Å². The Labute approximate surface area is 148 Å². The topological polar surface area (TPSA) is 136 Å². The summed E-state index contributed by atoms with van der Waals surface area (Å²) in [6.07, 6.45) is 1.19. The van der Waals surface area contributed by atoms with E-state index in [9.17, 15) is 30.0 Å². The van der Waals surface area contributed by atoms with Gasteiger partial charge in [-0.2, -0.15) is 0 Å². The van der Waals surface area contributed by atoms with E-state index in [2.05, 4.69) is 5.32 Å². The second-order valence-electron chi connectivity index (χ2n) is 5.18.